The van der Waals surface area contributed by atoms with Gasteiger partial charge in [0.15, 0.2) is 5.78 Å². The largest absolute Gasteiger partial charge is 0.369 e. The first-order valence-electron chi connectivity index (χ1n) is 13.1. The maximum atomic E-state index is 13.7. The van der Waals surface area contributed by atoms with Gasteiger partial charge in [0.25, 0.3) is 5.91 Å². The van der Waals surface area contributed by atoms with E-state index in [4.69, 9.17) is 4.74 Å². The van der Waals surface area contributed by atoms with Gasteiger partial charge in [0.1, 0.15) is 18.7 Å². The summed E-state index contributed by atoms with van der Waals surface area (Å²) < 4.78 is 5.82. The fourth-order valence-electron chi connectivity index (χ4n) is 5.88. The Labute approximate surface area is 207 Å². The number of nitrogens with one attached hydrogen (secondary N) is 1. The zero-order valence-corrected chi connectivity index (χ0v) is 21.1. The molecule has 4 aliphatic rings. The number of likely N-dealkylation sites (tertiary alicyclic amines) is 1. The van der Waals surface area contributed by atoms with Crippen LogP contribution in [0.25, 0.3) is 0 Å². The monoisotopic (exact) mass is 482 g/mol. The Balaban J connectivity index is 1.27. The number of hydrogen-bond acceptors (Lipinski definition) is 6. The molecule has 8 nitrogen and oxygen atoms in total. The van der Waals surface area contributed by atoms with Gasteiger partial charge >= 0.3 is 0 Å². The van der Waals surface area contributed by atoms with Crippen molar-refractivity contribution < 1.29 is 19.1 Å². The number of ether oxygens (including phenoxy) is 1. The fourth-order valence-corrected chi connectivity index (χ4v) is 5.88. The summed E-state index contributed by atoms with van der Waals surface area (Å²) in [6, 6.07) is 6.49. The first-order chi connectivity index (χ1) is 16.8. The quantitative estimate of drug-likeness (QED) is 0.638. The van der Waals surface area contributed by atoms with Crippen LogP contribution in [0.2, 0.25) is 0 Å². The van der Waals surface area contributed by atoms with Crippen molar-refractivity contribution in [3.05, 3.63) is 29.8 Å². The van der Waals surface area contributed by atoms with E-state index in [-0.39, 0.29) is 42.1 Å². The smallest absolute Gasteiger partial charge is 0.251 e. The number of hydrogen-bond donors (Lipinski definition) is 1. The number of carbonyl (C=O) groups is 3. The van der Waals surface area contributed by atoms with Crippen LogP contribution >= 0.6 is 0 Å². The number of fused-ring (bicyclic) bond motifs is 1. The van der Waals surface area contributed by atoms with Gasteiger partial charge in [0, 0.05) is 49.9 Å². The number of carbonyl (C=O) groups excluding carboxylic acids is 3. The predicted octanol–water partition coefficient (Wildman–Crippen LogP) is 1.79. The normalized spacial score (nSPS) is 27.9. The zero-order chi connectivity index (χ0) is 24.7. The third kappa shape index (κ3) is 5.09. The van der Waals surface area contributed by atoms with Crippen LogP contribution in [0.1, 0.15) is 43.5 Å². The van der Waals surface area contributed by atoms with Gasteiger partial charge in [-0.1, -0.05) is 13.8 Å². The summed E-state index contributed by atoms with van der Waals surface area (Å²) >= 11 is 0. The summed E-state index contributed by atoms with van der Waals surface area (Å²) in [7, 11) is 2.13. The van der Waals surface area contributed by atoms with E-state index in [9.17, 15) is 14.4 Å². The minimum atomic E-state index is -0.660. The highest BCUT2D eigenvalue weighted by molar-refractivity contribution is 5.99. The van der Waals surface area contributed by atoms with Crippen molar-refractivity contribution in [2.24, 2.45) is 17.8 Å². The topological polar surface area (TPSA) is 82.2 Å². The summed E-state index contributed by atoms with van der Waals surface area (Å²) in [5, 5.41) is 3.00. The minimum absolute atomic E-state index is 0.0133. The van der Waals surface area contributed by atoms with Gasteiger partial charge in [0.05, 0.1) is 6.10 Å². The van der Waals surface area contributed by atoms with Crippen LogP contribution in [0.15, 0.2) is 24.3 Å². The molecule has 3 saturated heterocycles. The van der Waals surface area contributed by atoms with Crippen molar-refractivity contribution in [1.82, 2.24) is 15.1 Å². The number of benzene rings is 1. The number of nitrogens with zero attached hydrogens (tertiary/aromatic N) is 3. The van der Waals surface area contributed by atoms with E-state index in [1.54, 1.807) is 4.90 Å². The predicted molar refractivity (Wildman–Crippen MR) is 133 cm³/mol. The molecule has 3 aliphatic heterocycles. The van der Waals surface area contributed by atoms with Crippen molar-refractivity contribution in [2.75, 3.05) is 51.3 Å². The van der Waals surface area contributed by atoms with Crippen LogP contribution in [0, 0.1) is 17.8 Å². The molecular formula is C27H38N4O4. The summed E-state index contributed by atoms with van der Waals surface area (Å²) in [5.74, 6) is 0.573. The Morgan fingerprint density at radius 3 is 2.40 bits per heavy atom. The zero-order valence-electron chi connectivity index (χ0n) is 21.1. The number of anilines is 1. The van der Waals surface area contributed by atoms with Gasteiger partial charge in [-0.15, -0.1) is 0 Å². The standard InChI is InChI=1S/C27H38N4O4/c1-17(2)14-22(27(34)31-15-21(18-4-5-18)25-24(31)23(32)16-35-25)28-26(33)19-6-8-20(9-7-19)30-12-10-29(3)11-13-30/h6-9,17-18,21-22,24-25H,4-5,10-16H2,1-3H3,(H,28,33)/t21-,22?,24-,25-/m1/s1. The van der Waals surface area contributed by atoms with Crippen molar-refractivity contribution in [3.63, 3.8) is 0 Å². The Bertz CT molecular complexity index is 952. The van der Waals surface area contributed by atoms with Crippen molar-refractivity contribution in [3.8, 4) is 0 Å². The van der Waals surface area contributed by atoms with Gasteiger partial charge in [-0.3, -0.25) is 14.4 Å². The summed E-state index contributed by atoms with van der Waals surface area (Å²) in [6.07, 6.45) is 2.63. The van der Waals surface area contributed by atoms with Crippen molar-refractivity contribution in [2.45, 2.75) is 51.3 Å². The number of ketones is 1. The van der Waals surface area contributed by atoms with Crippen LogP contribution in [0.3, 0.4) is 0 Å². The first kappa shape index (κ1) is 24.3. The number of Topliss-reactive ketones (excluding diaryl/α,β-unsaturated/α-hetero) is 1. The molecule has 1 saturated carbocycles. The van der Waals surface area contributed by atoms with E-state index in [1.165, 1.54) is 0 Å². The lowest BCUT2D eigenvalue weighted by Gasteiger charge is -2.34. The summed E-state index contributed by atoms with van der Waals surface area (Å²) in [6.45, 7) is 8.70. The van der Waals surface area contributed by atoms with Gasteiger partial charge in [0.2, 0.25) is 5.91 Å². The molecule has 1 unspecified atom stereocenters. The molecule has 5 rings (SSSR count). The molecule has 1 aromatic carbocycles. The van der Waals surface area contributed by atoms with Gasteiger partial charge in [-0.05, 0) is 62.4 Å². The van der Waals surface area contributed by atoms with E-state index in [0.717, 1.165) is 44.7 Å². The van der Waals surface area contributed by atoms with Crippen molar-refractivity contribution in [1.29, 1.82) is 0 Å². The van der Waals surface area contributed by atoms with Crippen LogP contribution in [-0.4, -0.2) is 92.0 Å². The Kier molecular flexibility index (Phi) is 6.86. The molecule has 0 bridgehead atoms. The molecule has 1 N–H and O–H groups in total. The number of likely N-dealkylation sites (N-methyl/N-ethyl adjacent to an activating group) is 1. The molecule has 4 fully saturated rings. The van der Waals surface area contributed by atoms with Crippen LogP contribution in [0.5, 0.6) is 0 Å². The van der Waals surface area contributed by atoms with E-state index < -0.39 is 12.1 Å². The van der Waals surface area contributed by atoms with Crippen LogP contribution < -0.4 is 10.2 Å². The highest BCUT2D eigenvalue weighted by atomic mass is 16.5. The Morgan fingerprint density at radius 2 is 1.77 bits per heavy atom. The number of amides is 2. The van der Waals surface area contributed by atoms with Gasteiger partial charge < -0.3 is 24.8 Å². The van der Waals surface area contributed by atoms with Crippen LogP contribution in [0.4, 0.5) is 5.69 Å². The second kappa shape index (κ2) is 9.90. The number of rotatable bonds is 7. The molecule has 35 heavy (non-hydrogen) atoms. The fraction of sp³-hybridized carbons (Fsp3) is 0.667. The Hall–Kier alpha value is -2.45. The van der Waals surface area contributed by atoms with E-state index >= 15 is 0 Å². The molecule has 190 valence electrons. The third-order valence-electron chi connectivity index (χ3n) is 8.04. The summed E-state index contributed by atoms with van der Waals surface area (Å²) in [4.78, 5) is 45.8. The van der Waals surface area contributed by atoms with E-state index in [1.807, 2.05) is 38.1 Å². The molecular weight excluding hydrogens is 444 g/mol. The SMILES string of the molecule is CC(C)CC(NC(=O)c1ccc(N2CCN(C)CC2)cc1)C(=O)N1C[C@H](C2CC2)[C@H]2OCC(=O)[C@H]21. The molecule has 0 radical (unpaired) electrons. The average molecular weight is 483 g/mol. The molecule has 3 heterocycles. The minimum Gasteiger partial charge on any atom is -0.369 e. The maximum Gasteiger partial charge on any atom is 0.251 e. The lowest BCUT2D eigenvalue weighted by atomic mass is 9.97. The van der Waals surface area contributed by atoms with E-state index in [0.29, 0.717) is 24.4 Å². The third-order valence-corrected chi connectivity index (χ3v) is 8.04. The molecule has 4 atom stereocenters. The molecule has 8 heteroatoms. The van der Waals surface area contributed by atoms with E-state index in [2.05, 4.69) is 22.2 Å². The first-order valence-corrected chi connectivity index (χ1v) is 13.1. The second-order valence-corrected chi connectivity index (χ2v) is 11.2. The molecule has 0 spiro atoms. The highest BCUT2D eigenvalue weighted by Crippen LogP contribution is 2.46. The van der Waals surface area contributed by atoms with Crippen LogP contribution in [-0.2, 0) is 14.3 Å². The lowest BCUT2D eigenvalue weighted by Crippen LogP contribution is -2.52. The molecule has 0 aromatic heterocycles. The van der Waals surface area contributed by atoms with Crippen molar-refractivity contribution >= 4 is 23.3 Å². The highest BCUT2D eigenvalue weighted by Gasteiger charge is 2.56. The summed E-state index contributed by atoms with van der Waals surface area (Å²) in [5.41, 5.74) is 1.65. The Morgan fingerprint density at radius 1 is 1.09 bits per heavy atom. The maximum absolute atomic E-state index is 13.7. The average Bonchev–Trinajstić information content (AvgIpc) is 3.51. The lowest BCUT2D eigenvalue weighted by molar-refractivity contribution is -0.138. The molecule has 1 aromatic rings. The molecule has 1 aliphatic carbocycles. The molecule has 2 amide bonds. The number of piperazine rings is 1. The second-order valence-electron chi connectivity index (χ2n) is 11.2. The van der Waals surface area contributed by atoms with Gasteiger partial charge in [-0.2, -0.15) is 0 Å². The van der Waals surface area contributed by atoms with Gasteiger partial charge in [-0.25, -0.2) is 0 Å².